The largest absolute Gasteiger partial charge is 0.497 e. The molecule has 0 saturated heterocycles. The van der Waals surface area contributed by atoms with Gasteiger partial charge in [0.15, 0.2) is 5.43 Å². The van der Waals surface area contributed by atoms with Gasteiger partial charge in [-0.05, 0) is 17.7 Å². The number of methoxy groups -OCH3 is 1. The van der Waals surface area contributed by atoms with Gasteiger partial charge in [0.1, 0.15) is 5.75 Å². The van der Waals surface area contributed by atoms with Crippen molar-refractivity contribution < 1.29 is 4.74 Å². The van der Waals surface area contributed by atoms with Gasteiger partial charge < -0.3 is 9.30 Å². The summed E-state index contributed by atoms with van der Waals surface area (Å²) in [5, 5.41) is 76.1. The second-order valence-electron chi connectivity index (χ2n) is 24.8. The number of nitrogens with zero attached hydrogens (tertiary/aromatic N) is 1. The number of pyridine rings is 1. The molecular formula is C68H9NO3S. The van der Waals surface area contributed by atoms with Crippen LogP contribution in [-0.2, 0) is 6.54 Å². The minimum Gasteiger partial charge on any atom is -0.497 e. The molecule has 0 atom stereocenters. The van der Waals surface area contributed by atoms with E-state index in [1.807, 2.05) is 11.3 Å². The van der Waals surface area contributed by atoms with Crippen LogP contribution in [0.2, 0.25) is 0 Å². The predicted octanol–water partition coefficient (Wildman–Crippen LogP) is 17.9. The van der Waals surface area contributed by atoms with Crippen LogP contribution in [0.1, 0.15) is 5.56 Å². The smallest absolute Gasteiger partial charge is 0.259 e. The highest BCUT2D eigenvalue weighted by Crippen LogP contribution is 2.78. The molecule has 0 saturated carbocycles. The van der Waals surface area contributed by atoms with Crippen LogP contribution < -0.4 is 15.7 Å². The molecule has 310 valence electrons. The lowest BCUT2D eigenvalue weighted by atomic mass is 9.84. The highest BCUT2D eigenvalue weighted by atomic mass is 32.1. The molecule has 4 nitrogen and oxygen atoms in total. The van der Waals surface area contributed by atoms with Crippen LogP contribution in [0, 0.1) is 0 Å². The summed E-state index contributed by atoms with van der Waals surface area (Å²) in [6, 6.07) is 8.42. The fraction of sp³-hybridized carbons (Fsp3) is 0.0294. The van der Waals surface area contributed by atoms with E-state index >= 15 is 9.59 Å². The second-order valence-corrected chi connectivity index (χ2v) is 25.8. The number of fused-ring (bicyclic) bond motifs is 5. The van der Waals surface area contributed by atoms with Gasteiger partial charge in [-0.15, -0.1) is 11.3 Å². The molecule has 0 aliphatic rings. The quantitative estimate of drug-likeness (QED) is 0.131. The van der Waals surface area contributed by atoms with Crippen LogP contribution in [0.3, 0.4) is 0 Å². The molecule has 29 aromatic carbocycles. The molecule has 0 unspecified atom stereocenters. The van der Waals surface area contributed by atoms with Crippen LogP contribution >= 0.6 is 11.3 Å². The van der Waals surface area contributed by atoms with E-state index in [0.29, 0.717) is 6.54 Å². The van der Waals surface area contributed by atoms with Gasteiger partial charge in [-0.1, -0.05) is 12.1 Å². The van der Waals surface area contributed by atoms with Crippen molar-refractivity contribution in [3.05, 3.63) is 50.4 Å². The van der Waals surface area contributed by atoms with E-state index in [-0.39, 0.29) is 11.0 Å². The summed E-state index contributed by atoms with van der Waals surface area (Å²) in [6.45, 7) is 0.431. The lowest BCUT2D eigenvalue weighted by Crippen LogP contribution is -2.22. The van der Waals surface area contributed by atoms with Crippen LogP contribution in [0.5, 0.6) is 5.75 Å². The monoisotopic (exact) mass is 919 g/mol. The summed E-state index contributed by atoms with van der Waals surface area (Å²) in [7, 11) is 1.73. The van der Waals surface area contributed by atoms with Crippen molar-refractivity contribution in [1.29, 1.82) is 0 Å². The molecule has 31 aromatic rings. The molecular weight excluding hydrogens is 911 g/mol. The molecule has 0 amide bonds. The van der Waals surface area contributed by atoms with E-state index in [1.54, 1.807) is 17.9 Å². The molecule has 2 aromatic heterocycles. The van der Waals surface area contributed by atoms with Crippen LogP contribution in [-0.4, -0.2) is 11.7 Å². The summed E-state index contributed by atoms with van der Waals surface area (Å²) >= 11 is 1.87. The van der Waals surface area contributed by atoms with Crippen molar-refractivity contribution in [3.63, 3.8) is 0 Å². The van der Waals surface area contributed by atoms with Crippen molar-refractivity contribution in [2.75, 3.05) is 7.11 Å². The Hall–Kier alpha value is -9.16. The highest BCUT2D eigenvalue weighted by Gasteiger charge is 2.49. The number of ether oxygens (including phenoxy) is 1. The SMILES string of the molecule is COc1ccc(Cn2c(=O)c3c4c5c6c(=O)c7c8sc9c%10c%11c8c8c%12c7c6c6c7c5c5c4c4c%13c3c(c3c%10c%10c%14c%11c%11c8c8c%12c6c6c7c7c5c5c4c4c%13c3c%10c3c4c4c5c7c5c6c8c6c%11c%14c3c4c65)c92)cc1. The average Bonchev–Trinajstić information content (AvgIpc) is 3.31. The molecule has 73 heavy (non-hydrogen) atoms. The maximum atomic E-state index is 17.2. The van der Waals surface area contributed by atoms with E-state index < -0.39 is 0 Å². The lowest BCUT2D eigenvalue weighted by molar-refractivity contribution is 0.414. The fourth-order valence-electron chi connectivity index (χ4n) is 22.8. The number of rotatable bonds is 3. The van der Waals surface area contributed by atoms with E-state index in [0.717, 1.165) is 53.8 Å². The number of hydrogen-bond donors (Lipinski definition) is 0. The van der Waals surface area contributed by atoms with Gasteiger partial charge in [-0.25, -0.2) is 0 Å². The van der Waals surface area contributed by atoms with Gasteiger partial charge in [-0.2, -0.15) is 0 Å². The third-order valence-corrected chi connectivity index (χ3v) is 25.0. The topological polar surface area (TPSA) is 48.3 Å². The van der Waals surface area contributed by atoms with Gasteiger partial charge in [0.25, 0.3) is 5.56 Å². The van der Waals surface area contributed by atoms with Crippen molar-refractivity contribution in [3.8, 4) is 5.75 Å². The molecule has 5 heteroatoms. The minimum atomic E-state index is 0.0751. The Bertz CT molecular complexity index is 8010. The highest BCUT2D eigenvalue weighted by molar-refractivity contribution is 7.27. The Morgan fingerprint density at radius 2 is 0.562 bits per heavy atom. The summed E-state index contributed by atoms with van der Waals surface area (Å²) in [6.07, 6.45) is 0. The zero-order valence-corrected chi connectivity index (χ0v) is 37.9. The normalized spacial score (nSPS) is 16.5. The molecule has 0 bridgehead atoms. The third kappa shape index (κ3) is 1.73. The van der Waals surface area contributed by atoms with Crippen LogP contribution in [0.4, 0.5) is 0 Å². The maximum absolute atomic E-state index is 17.2. The van der Waals surface area contributed by atoms with Gasteiger partial charge >= 0.3 is 0 Å². The van der Waals surface area contributed by atoms with Crippen molar-refractivity contribution >= 4 is 322 Å². The zero-order chi connectivity index (χ0) is 44.3. The third-order valence-electron chi connectivity index (χ3n) is 23.8. The van der Waals surface area contributed by atoms with Gasteiger partial charge in [0, 0.05) is 296 Å². The summed E-state index contributed by atoms with van der Waals surface area (Å²) in [5.74, 6) is 0.811. The van der Waals surface area contributed by atoms with E-state index in [4.69, 9.17) is 4.74 Å². The molecule has 0 aliphatic heterocycles. The second kappa shape index (κ2) is 6.88. The Kier molecular flexibility index (Phi) is 2.70. The first-order valence-electron chi connectivity index (χ1n) is 26.1. The molecule has 0 aliphatic carbocycles. The van der Waals surface area contributed by atoms with Gasteiger partial charge in [0.05, 0.1) is 29.3 Å². The van der Waals surface area contributed by atoms with Crippen molar-refractivity contribution in [2.45, 2.75) is 6.54 Å². The number of hydrogen-bond acceptors (Lipinski definition) is 4. The zero-order valence-electron chi connectivity index (χ0n) is 37.1. The van der Waals surface area contributed by atoms with Gasteiger partial charge in [-0.3, -0.25) is 9.59 Å². The summed E-state index contributed by atoms with van der Waals surface area (Å²) in [4.78, 5) is 34.2. The summed E-state index contributed by atoms with van der Waals surface area (Å²) in [5.41, 5.74) is 2.40. The Morgan fingerprint density at radius 3 is 0.918 bits per heavy atom. The lowest BCUT2D eigenvalue weighted by Gasteiger charge is -2.23. The van der Waals surface area contributed by atoms with Crippen LogP contribution in [0.15, 0.2) is 33.9 Å². The average molecular weight is 920 g/mol. The standard InChI is InChI=1S/C68H9NO3S/c1-72-8-4-2-7(3-5-8)6-69-64-58-49-40-33-23-17-11-12-10-9-13-14(11)20-26-19(13)25-21-15(9)22-16(10)27-28(18(12)23)38-44(33)53(49)61-57-47(38)37(27)43-31(22)32-30(21)42-35(25)41-36(26)45-39-29(20)24(17)34(40)46(39)56(58)62(68(69)71)54(45)50(41)59-51(42)55-48(32)52(43)60(57)66(73-67(61)64)63(55)65(59)70/h2-5H,6H2,1H3. The van der Waals surface area contributed by atoms with E-state index in [1.165, 1.54) is 258 Å². The molecule has 31 rings (SSSR count). The minimum absolute atomic E-state index is 0.0751. The first kappa shape index (κ1) is 28.6. The Morgan fingerprint density at radius 1 is 0.301 bits per heavy atom. The Labute approximate surface area is 399 Å². The summed E-state index contributed by atoms with van der Waals surface area (Å²) < 4.78 is 10.3. The first-order valence-corrected chi connectivity index (χ1v) is 26.9. The fourth-order valence-corrected chi connectivity index (χ4v) is 24.2. The van der Waals surface area contributed by atoms with E-state index in [2.05, 4.69) is 28.8 Å². The Balaban J connectivity index is 1.18. The predicted molar refractivity (Wildman–Crippen MR) is 310 cm³/mol. The van der Waals surface area contributed by atoms with Crippen LogP contribution in [0.25, 0.3) is 311 Å². The van der Waals surface area contributed by atoms with E-state index in [9.17, 15) is 0 Å². The maximum Gasteiger partial charge on any atom is 0.259 e. The number of benzene rings is 19. The molecule has 2 heterocycles. The first-order chi connectivity index (χ1) is 36.2. The number of aromatic nitrogens is 1. The van der Waals surface area contributed by atoms with Crippen molar-refractivity contribution in [2.24, 2.45) is 0 Å². The van der Waals surface area contributed by atoms with Crippen molar-refractivity contribution in [1.82, 2.24) is 4.57 Å². The van der Waals surface area contributed by atoms with Gasteiger partial charge in [0.2, 0.25) is 0 Å². The molecule has 0 N–H and O–H groups in total. The molecule has 0 spiro atoms. The molecule has 0 radical (unpaired) electrons. The molecule has 0 fully saturated rings.